The van der Waals surface area contributed by atoms with Gasteiger partial charge in [-0.1, -0.05) is 45.2 Å². The largest absolute Gasteiger partial charge is 0.458 e. The van der Waals surface area contributed by atoms with Crippen molar-refractivity contribution in [3.05, 3.63) is 10.2 Å². The summed E-state index contributed by atoms with van der Waals surface area (Å²) < 4.78 is 18.0. The summed E-state index contributed by atoms with van der Waals surface area (Å²) in [5.41, 5.74) is 0. The summed E-state index contributed by atoms with van der Waals surface area (Å²) in [7, 11) is 3.67. The summed E-state index contributed by atoms with van der Waals surface area (Å²) in [6.45, 7) is 3.50. The highest BCUT2D eigenvalue weighted by molar-refractivity contribution is 14.1. The van der Waals surface area contributed by atoms with Crippen molar-refractivity contribution in [2.75, 3.05) is 39.0 Å². The Hall–Kier alpha value is 0.550. The van der Waals surface area contributed by atoms with Crippen molar-refractivity contribution >= 4 is 51.2 Å². The predicted molar refractivity (Wildman–Crippen MR) is 101 cm³/mol. The molecule has 1 aliphatic rings. The maximum atomic E-state index is 11.2. The smallest absolute Gasteiger partial charge is 0.303 e. The normalized spacial score (nSPS) is 24.3. The van der Waals surface area contributed by atoms with Crippen LogP contribution in [0.5, 0.6) is 0 Å². The van der Waals surface area contributed by atoms with Crippen LogP contribution in [0.1, 0.15) is 13.3 Å². The Labute approximate surface area is 155 Å². The molecule has 1 fully saturated rings. The predicted octanol–water partition coefficient (Wildman–Crippen LogP) is 2.86. The number of likely N-dealkylation sites (tertiary alicyclic amines) is 1. The van der Waals surface area contributed by atoms with Gasteiger partial charge in [0.25, 0.3) is 0 Å². The average Bonchev–Trinajstić information content (AvgIpc) is 2.46. The van der Waals surface area contributed by atoms with Crippen LogP contribution >= 0.6 is 45.2 Å². The molecule has 3 unspecified atom stereocenters. The minimum atomic E-state index is -0.260. The highest BCUT2D eigenvalue weighted by Crippen LogP contribution is 2.26. The Balaban J connectivity index is 0.00000191. The molecule has 3 atom stereocenters. The fourth-order valence-electron chi connectivity index (χ4n) is 2.33. The van der Waals surface area contributed by atoms with Crippen LogP contribution in [0.3, 0.4) is 0 Å². The van der Waals surface area contributed by atoms with Crippen LogP contribution in [0.4, 0.5) is 0 Å². The van der Waals surface area contributed by atoms with Gasteiger partial charge in [-0.2, -0.15) is 0 Å². The van der Waals surface area contributed by atoms with Gasteiger partial charge in [0.15, 0.2) is 0 Å². The molecule has 0 N–H and O–H groups in total. The highest BCUT2D eigenvalue weighted by atomic mass is 127. The van der Waals surface area contributed by atoms with E-state index in [1.807, 2.05) is 15.1 Å². The quantitative estimate of drug-likeness (QED) is 0.230. The van der Waals surface area contributed by atoms with E-state index < -0.39 is 0 Å². The van der Waals surface area contributed by atoms with E-state index in [2.05, 4.69) is 57.1 Å². The molecule has 0 amide bonds. The third-order valence-electron chi connectivity index (χ3n) is 3.20. The van der Waals surface area contributed by atoms with E-state index in [4.69, 9.17) is 14.2 Å². The van der Waals surface area contributed by atoms with Crippen molar-refractivity contribution in [3.8, 4) is 0 Å². The molecular formula is C14H25I2NO4. The zero-order valence-electron chi connectivity index (χ0n) is 13.1. The fourth-order valence-corrected chi connectivity index (χ4v) is 2.74. The van der Waals surface area contributed by atoms with Gasteiger partial charge in [0.1, 0.15) is 12.9 Å². The van der Waals surface area contributed by atoms with Gasteiger partial charge in [0.2, 0.25) is 0 Å². The Kier molecular flexibility index (Phi) is 13.4. The van der Waals surface area contributed by atoms with Crippen molar-refractivity contribution in [1.29, 1.82) is 0 Å². The van der Waals surface area contributed by atoms with Crippen LogP contribution in [0.15, 0.2) is 10.2 Å². The van der Waals surface area contributed by atoms with Crippen LogP contribution in [-0.2, 0) is 19.0 Å². The van der Waals surface area contributed by atoms with Crippen LogP contribution in [-0.4, -0.2) is 62.0 Å². The van der Waals surface area contributed by atoms with Gasteiger partial charge in [-0.15, -0.1) is 0 Å². The van der Waals surface area contributed by atoms with E-state index in [1.54, 1.807) is 7.11 Å². The second-order valence-corrected chi connectivity index (χ2v) is 5.44. The maximum Gasteiger partial charge on any atom is 0.303 e. The number of alkyl halides is 1. The molecule has 0 spiro atoms. The third-order valence-corrected chi connectivity index (χ3v) is 3.61. The lowest BCUT2D eigenvalue weighted by Gasteiger charge is -2.39. The molecule has 1 aliphatic heterocycles. The maximum absolute atomic E-state index is 11.2. The second-order valence-electron chi connectivity index (χ2n) is 4.72. The van der Waals surface area contributed by atoms with E-state index in [9.17, 15) is 4.79 Å². The van der Waals surface area contributed by atoms with Gasteiger partial charge < -0.3 is 19.1 Å². The fraction of sp³-hybridized carbons (Fsp3) is 0.786. The number of methoxy groups -OCH3 is 1. The van der Waals surface area contributed by atoms with Crippen molar-refractivity contribution in [2.24, 2.45) is 5.92 Å². The Bertz CT molecular complexity index is 315. The number of carbonyl (C=O) groups excluding carboxylic acids is 1. The number of rotatable bonds is 6. The number of hydrogen-bond donors (Lipinski definition) is 0. The van der Waals surface area contributed by atoms with E-state index in [0.29, 0.717) is 0 Å². The summed E-state index contributed by atoms with van der Waals surface area (Å²) in [5.74, 6) is -0.0924. The summed E-state index contributed by atoms with van der Waals surface area (Å²) in [5, 5.41) is 0. The number of hydrogen-bond acceptors (Lipinski definition) is 5. The van der Waals surface area contributed by atoms with Crippen LogP contribution in [0.2, 0.25) is 0 Å². The van der Waals surface area contributed by atoms with E-state index in [0.717, 1.165) is 19.5 Å². The number of ether oxygens (including phenoxy) is 3. The van der Waals surface area contributed by atoms with Gasteiger partial charge in [-0.05, 0) is 35.1 Å². The summed E-state index contributed by atoms with van der Waals surface area (Å²) >= 11 is 4.29. The molecule has 0 aromatic heterocycles. The molecule has 1 saturated heterocycles. The molecule has 5 nitrogen and oxygen atoms in total. The molecule has 0 aromatic carbocycles. The number of halogens is 2. The van der Waals surface area contributed by atoms with E-state index >= 15 is 0 Å². The van der Waals surface area contributed by atoms with Crippen molar-refractivity contribution in [3.63, 3.8) is 0 Å². The van der Waals surface area contributed by atoms with Gasteiger partial charge in [-0.3, -0.25) is 4.79 Å². The molecule has 0 radical (unpaired) electrons. The molecule has 0 aliphatic carbocycles. The molecule has 21 heavy (non-hydrogen) atoms. The van der Waals surface area contributed by atoms with Crippen LogP contribution < -0.4 is 0 Å². The highest BCUT2D eigenvalue weighted by Gasteiger charge is 2.35. The summed E-state index contributed by atoms with van der Waals surface area (Å²) in [6.07, 6.45) is 2.63. The molecule has 124 valence electrons. The Morgan fingerprint density at radius 3 is 2.71 bits per heavy atom. The minimum absolute atomic E-state index is 0.00986. The lowest BCUT2D eigenvalue weighted by atomic mass is 9.89. The zero-order valence-corrected chi connectivity index (χ0v) is 17.4. The first kappa shape index (κ1) is 21.6. The lowest BCUT2D eigenvalue weighted by molar-refractivity contribution is -0.157. The topological polar surface area (TPSA) is 48.0 Å². The minimum Gasteiger partial charge on any atom is -0.458 e. The number of nitrogens with zero attached hydrogens (tertiary/aromatic N) is 1. The number of piperidine rings is 1. The zero-order chi connectivity index (χ0) is 16.3. The molecule has 0 bridgehead atoms. The van der Waals surface area contributed by atoms with E-state index in [1.165, 1.54) is 6.92 Å². The van der Waals surface area contributed by atoms with Gasteiger partial charge >= 0.3 is 5.97 Å². The molecule has 0 aromatic rings. The summed E-state index contributed by atoms with van der Waals surface area (Å²) in [6, 6.07) is 0. The summed E-state index contributed by atoms with van der Waals surface area (Å²) in [4.78, 5) is 15.4. The molecule has 1 heterocycles. The van der Waals surface area contributed by atoms with Gasteiger partial charge in [-0.25, -0.2) is 0 Å². The van der Waals surface area contributed by atoms with Crippen molar-refractivity contribution in [2.45, 2.75) is 25.6 Å². The number of esters is 1. The van der Waals surface area contributed by atoms with Crippen LogP contribution in [0, 0.1) is 5.92 Å². The molecule has 7 heteroatoms. The van der Waals surface area contributed by atoms with Crippen molar-refractivity contribution in [1.82, 2.24) is 4.90 Å². The second kappa shape index (κ2) is 13.0. The lowest BCUT2D eigenvalue weighted by Crippen LogP contribution is -2.48. The Morgan fingerprint density at radius 2 is 2.19 bits per heavy atom. The van der Waals surface area contributed by atoms with Gasteiger partial charge in [0, 0.05) is 26.5 Å². The number of likely N-dealkylation sites (N-methyl/N-ethyl adjacent to an activating group) is 1. The number of carbonyl (C=O) groups is 1. The third kappa shape index (κ3) is 8.68. The molecule has 1 rings (SSSR count). The first-order chi connectivity index (χ1) is 10.1. The SMILES string of the molecule is COCOC1CN([14CH3])CCC1C(/C=C/I)OC(C)=O.[14CH3]I. The van der Waals surface area contributed by atoms with E-state index in [-0.39, 0.29) is 30.9 Å². The van der Waals surface area contributed by atoms with Gasteiger partial charge in [0.05, 0.1) is 6.10 Å². The monoisotopic (exact) mass is 529 g/mol. The molecule has 0 saturated carbocycles. The van der Waals surface area contributed by atoms with Crippen molar-refractivity contribution < 1.29 is 19.0 Å². The first-order valence-electron chi connectivity index (χ1n) is 6.69. The Morgan fingerprint density at radius 1 is 1.52 bits per heavy atom. The average molecular weight is 529 g/mol. The standard InChI is InChI=1S/C13H22INO4.CH3I/c1-10(16)19-12(4-6-14)11-5-7-15(2)8-13(11)18-9-17-3;1-2/h4,6,11-13H,5,7-9H2,1-3H3;1H3/b6-4+;/i2+2;1+2. The molecular weight excluding hydrogens is 504 g/mol. The van der Waals surface area contributed by atoms with Crippen LogP contribution in [0.25, 0.3) is 0 Å². The first-order valence-corrected chi connectivity index (χ1v) is 10.1.